The van der Waals surface area contributed by atoms with Crippen LogP contribution in [-0.2, 0) is 0 Å². The second kappa shape index (κ2) is 7.90. The first-order valence-corrected chi connectivity index (χ1v) is 9.59. The number of halogens is 1. The van der Waals surface area contributed by atoms with Crippen LogP contribution in [0.5, 0.6) is 0 Å². The number of benzene rings is 1. The molecule has 0 radical (unpaired) electrons. The number of rotatable bonds is 4. The van der Waals surface area contributed by atoms with Gasteiger partial charge >= 0.3 is 0 Å². The van der Waals surface area contributed by atoms with Gasteiger partial charge in [0.05, 0.1) is 5.69 Å². The second-order valence-electron chi connectivity index (χ2n) is 7.12. The molecule has 1 aliphatic carbocycles. The predicted molar refractivity (Wildman–Crippen MR) is 102 cm³/mol. The second-order valence-corrected chi connectivity index (χ2v) is 7.12. The van der Waals surface area contributed by atoms with E-state index in [9.17, 15) is 9.18 Å². The molecule has 2 aromatic rings. The minimum absolute atomic E-state index is 0.0972. The topological polar surface area (TPSA) is 61.4 Å². The van der Waals surface area contributed by atoms with Crippen molar-refractivity contribution in [3.63, 3.8) is 0 Å². The van der Waals surface area contributed by atoms with E-state index >= 15 is 0 Å². The van der Waals surface area contributed by atoms with Crippen molar-refractivity contribution < 1.29 is 9.18 Å². The molecule has 1 amide bonds. The number of anilines is 2. The van der Waals surface area contributed by atoms with Crippen LogP contribution in [-0.4, -0.2) is 53.0 Å². The molecular weight excluding hydrogens is 345 g/mol. The van der Waals surface area contributed by atoms with Gasteiger partial charge in [0.15, 0.2) is 0 Å². The first-order chi connectivity index (χ1) is 13.2. The maximum Gasteiger partial charge on any atom is 0.272 e. The number of aromatic nitrogens is 2. The van der Waals surface area contributed by atoms with E-state index in [1.165, 1.54) is 18.9 Å². The lowest BCUT2D eigenvalue weighted by Crippen LogP contribution is -2.49. The van der Waals surface area contributed by atoms with Crippen molar-refractivity contribution >= 4 is 17.5 Å². The Labute approximate surface area is 158 Å². The van der Waals surface area contributed by atoms with E-state index in [0.29, 0.717) is 49.6 Å². The summed E-state index contributed by atoms with van der Waals surface area (Å²) < 4.78 is 14.0. The fourth-order valence-electron chi connectivity index (χ4n) is 3.82. The monoisotopic (exact) mass is 369 g/mol. The number of carbonyl (C=O) groups excluding carboxylic acids is 1. The fraction of sp³-hybridized carbons (Fsp3) is 0.450. The average molecular weight is 369 g/mol. The van der Waals surface area contributed by atoms with Crippen molar-refractivity contribution in [2.24, 2.45) is 0 Å². The van der Waals surface area contributed by atoms with Gasteiger partial charge in [0.1, 0.15) is 11.5 Å². The van der Waals surface area contributed by atoms with Gasteiger partial charge in [-0.05, 0) is 31.0 Å². The molecule has 1 aromatic carbocycles. The lowest BCUT2D eigenvalue weighted by Gasteiger charge is -2.36. The summed E-state index contributed by atoms with van der Waals surface area (Å²) in [7, 11) is 0. The van der Waals surface area contributed by atoms with Crippen LogP contribution in [0.1, 0.15) is 36.2 Å². The number of para-hydroxylation sites is 1. The first kappa shape index (κ1) is 17.7. The van der Waals surface area contributed by atoms with Gasteiger partial charge in [0.25, 0.3) is 5.91 Å². The third-order valence-corrected chi connectivity index (χ3v) is 5.32. The molecule has 6 nitrogen and oxygen atoms in total. The summed E-state index contributed by atoms with van der Waals surface area (Å²) in [6, 6.07) is 8.82. The zero-order valence-electron chi connectivity index (χ0n) is 15.3. The van der Waals surface area contributed by atoms with Gasteiger partial charge in [0.2, 0.25) is 5.95 Å². The van der Waals surface area contributed by atoms with Gasteiger partial charge in [-0.2, -0.15) is 0 Å². The Hall–Kier alpha value is -2.70. The van der Waals surface area contributed by atoms with E-state index in [4.69, 9.17) is 0 Å². The maximum atomic E-state index is 14.0. The Morgan fingerprint density at radius 2 is 1.81 bits per heavy atom. The van der Waals surface area contributed by atoms with E-state index < -0.39 is 0 Å². The number of piperazine rings is 1. The zero-order chi connectivity index (χ0) is 18.6. The molecule has 0 atom stereocenters. The van der Waals surface area contributed by atoms with Crippen LogP contribution in [0.3, 0.4) is 0 Å². The van der Waals surface area contributed by atoms with Crippen LogP contribution in [0.15, 0.2) is 36.5 Å². The van der Waals surface area contributed by atoms with Crippen molar-refractivity contribution in [3.05, 3.63) is 48.0 Å². The molecule has 2 aliphatic rings. The van der Waals surface area contributed by atoms with Gasteiger partial charge in [0, 0.05) is 38.4 Å². The summed E-state index contributed by atoms with van der Waals surface area (Å²) in [5.41, 5.74) is 1.000. The molecule has 1 N–H and O–H groups in total. The molecule has 2 fully saturated rings. The van der Waals surface area contributed by atoms with Gasteiger partial charge in [-0.3, -0.25) is 4.79 Å². The Morgan fingerprint density at radius 1 is 1.07 bits per heavy atom. The number of hydrogen-bond donors (Lipinski definition) is 1. The molecule has 0 spiro atoms. The molecule has 0 bridgehead atoms. The quantitative estimate of drug-likeness (QED) is 0.898. The highest BCUT2D eigenvalue weighted by Crippen LogP contribution is 2.22. The minimum Gasteiger partial charge on any atom is -0.366 e. The Kier molecular flexibility index (Phi) is 5.18. The van der Waals surface area contributed by atoms with Crippen LogP contribution in [0, 0.1) is 5.82 Å². The van der Waals surface area contributed by atoms with Gasteiger partial charge < -0.3 is 15.1 Å². The summed E-state index contributed by atoms with van der Waals surface area (Å²) in [6.07, 6.45) is 6.33. The number of nitrogens with one attached hydrogen (secondary N) is 1. The normalized spacial score (nSPS) is 18.0. The third kappa shape index (κ3) is 4.02. The molecule has 1 aliphatic heterocycles. The smallest absolute Gasteiger partial charge is 0.272 e. The van der Waals surface area contributed by atoms with Crippen molar-refractivity contribution in [1.29, 1.82) is 0 Å². The average Bonchev–Trinajstić information content (AvgIpc) is 3.21. The molecule has 1 saturated heterocycles. The lowest BCUT2D eigenvalue weighted by molar-refractivity contribution is 0.0740. The van der Waals surface area contributed by atoms with Crippen molar-refractivity contribution in [3.8, 4) is 0 Å². The highest BCUT2D eigenvalue weighted by Gasteiger charge is 2.25. The molecule has 7 heteroatoms. The summed E-state index contributed by atoms with van der Waals surface area (Å²) in [5.74, 6) is 0.202. The number of carbonyl (C=O) groups is 1. The van der Waals surface area contributed by atoms with Crippen LogP contribution in [0.2, 0.25) is 0 Å². The molecule has 1 saturated carbocycles. The van der Waals surface area contributed by atoms with Crippen LogP contribution >= 0.6 is 0 Å². The summed E-state index contributed by atoms with van der Waals surface area (Å²) in [5, 5.41) is 3.33. The molecule has 27 heavy (non-hydrogen) atoms. The molecule has 0 unspecified atom stereocenters. The lowest BCUT2D eigenvalue weighted by atomic mass is 10.2. The Bertz CT molecular complexity index is 800. The molecular formula is C20H24FN5O. The van der Waals surface area contributed by atoms with E-state index in [0.717, 1.165) is 12.8 Å². The maximum absolute atomic E-state index is 14.0. The summed E-state index contributed by atoms with van der Waals surface area (Å²) >= 11 is 0. The van der Waals surface area contributed by atoms with Gasteiger partial charge in [-0.15, -0.1) is 0 Å². The highest BCUT2D eigenvalue weighted by molar-refractivity contribution is 5.92. The van der Waals surface area contributed by atoms with Crippen molar-refractivity contribution in [2.45, 2.75) is 31.7 Å². The molecule has 4 rings (SSSR count). The number of nitrogens with zero attached hydrogens (tertiary/aromatic N) is 4. The fourth-order valence-corrected chi connectivity index (χ4v) is 3.82. The van der Waals surface area contributed by atoms with E-state index in [1.54, 1.807) is 29.3 Å². The first-order valence-electron chi connectivity index (χ1n) is 9.59. The van der Waals surface area contributed by atoms with Crippen molar-refractivity contribution in [2.75, 3.05) is 36.4 Å². The molecule has 142 valence electrons. The minimum atomic E-state index is -0.226. The Morgan fingerprint density at radius 3 is 2.56 bits per heavy atom. The molecule has 2 heterocycles. The van der Waals surface area contributed by atoms with E-state index in [-0.39, 0.29) is 11.7 Å². The SMILES string of the molecule is O=C(c1ccnc(NC2CCCC2)n1)N1CCN(c2ccccc2F)CC1. The number of hydrogen-bond acceptors (Lipinski definition) is 5. The summed E-state index contributed by atoms with van der Waals surface area (Å²) in [6.45, 7) is 2.29. The Balaban J connectivity index is 1.38. The largest absolute Gasteiger partial charge is 0.366 e. The van der Waals surface area contributed by atoms with Gasteiger partial charge in [-0.1, -0.05) is 25.0 Å². The summed E-state index contributed by atoms with van der Waals surface area (Å²) in [4.78, 5) is 25.2. The molecule has 1 aromatic heterocycles. The van der Waals surface area contributed by atoms with Crippen molar-refractivity contribution in [1.82, 2.24) is 14.9 Å². The highest BCUT2D eigenvalue weighted by atomic mass is 19.1. The van der Waals surface area contributed by atoms with E-state index in [2.05, 4.69) is 15.3 Å². The van der Waals surface area contributed by atoms with Crippen LogP contribution in [0.25, 0.3) is 0 Å². The van der Waals surface area contributed by atoms with Crippen LogP contribution < -0.4 is 10.2 Å². The number of amides is 1. The van der Waals surface area contributed by atoms with E-state index in [1.807, 2.05) is 11.0 Å². The standard InChI is InChI=1S/C20H24FN5O/c21-16-7-3-4-8-18(16)25-11-13-26(14-12-25)19(27)17-9-10-22-20(24-17)23-15-5-1-2-6-15/h3-4,7-10,15H,1-2,5-6,11-14H2,(H,22,23,24). The predicted octanol–water partition coefficient (Wildman–Crippen LogP) is 2.93. The third-order valence-electron chi connectivity index (χ3n) is 5.32. The van der Waals surface area contributed by atoms with Crippen LogP contribution in [0.4, 0.5) is 16.0 Å². The zero-order valence-corrected chi connectivity index (χ0v) is 15.3. The van der Waals surface area contributed by atoms with Gasteiger partial charge in [-0.25, -0.2) is 14.4 Å².